The highest BCUT2D eigenvalue weighted by Crippen LogP contribution is 2.45. The summed E-state index contributed by atoms with van der Waals surface area (Å²) in [5, 5.41) is 0. The molecule has 0 aromatic heterocycles. The summed E-state index contributed by atoms with van der Waals surface area (Å²) in [6.45, 7) is 0.698. The number of carbonyl (C=O) groups is 2. The van der Waals surface area contributed by atoms with Gasteiger partial charge in [-0.15, -0.1) is 0 Å². The highest BCUT2D eigenvalue weighted by Gasteiger charge is 2.53. The van der Waals surface area contributed by atoms with E-state index < -0.39 is 0 Å². The Bertz CT molecular complexity index is 357. The number of imide groups is 1. The molecule has 0 aromatic carbocycles. The largest absolute Gasteiger partial charge is 0.282 e. The molecule has 2 heterocycles. The van der Waals surface area contributed by atoms with E-state index in [1.165, 1.54) is 32.1 Å². The van der Waals surface area contributed by atoms with Crippen LogP contribution in [-0.4, -0.2) is 34.8 Å². The fourth-order valence-electron chi connectivity index (χ4n) is 3.59. The van der Waals surface area contributed by atoms with Crippen LogP contribution in [0.1, 0.15) is 44.9 Å². The third-order valence-corrected chi connectivity index (χ3v) is 6.01. The second-order valence-electron chi connectivity index (χ2n) is 6.07. The zero-order chi connectivity index (χ0) is 12.6. The number of rotatable bonds is 2. The van der Waals surface area contributed by atoms with Crippen LogP contribution in [0.4, 0.5) is 0 Å². The minimum absolute atomic E-state index is 0.0908. The van der Waals surface area contributed by atoms with Crippen LogP contribution in [0.25, 0.3) is 0 Å². The summed E-state index contributed by atoms with van der Waals surface area (Å²) in [6, 6.07) is 0. The molecule has 1 spiro atoms. The van der Waals surface area contributed by atoms with Gasteiger partial charge in [-0.05, 0) is 30.9 Å². The molecule has 18 heavy (non-hydrogen) atoms. The van der Waals surface area contributed by atoms with Crippen molar-refractivity contribution in [2.24, 2.45) is 11.3 Å². The van der Waals surface area contributed by atoms with E-state index >= 15 is 0 Å². The van der Waals surface area contributed by atoms with Gasteiger partial charge in [0.2, 0.25) is 11.8 Å². The highest BCUT2D eigenvalue weighted by atomic mass is 32.2. The Hall–Kier alpha value is -0.510. The van der Waals surface area contributed by atoms with E-state index in [0.29, 0.717) is 18.9 Å². The predicted molar refractivity (Wildman–Crippen MR) is 72.3 cm³/mol. The summed E-state index contributed by atoms with van der Waals surface area (Å²) in [5.41, 5.74) is -0.309. The third-order valence-electron chi connectivity index (χ3n) is 4.76. The van der Waals surface area contributed by atoms with Gasteiger partial charge in [-0.1, -0.05) is 19.3 Å². The Morgan fingerprint density at radius 2 is 2.00 bits per heavy atom. The van der Waals surface area contributed by atoms with Crippen molar-refractivity contribution in [2.45, 2.75) is 44.9 Å². The number of hydrogen-bond acceptors (Lipinski definition) is 3. The van der Waals surface area contributed by atoms with Gasteiger partial charge in [0, 0.05) is 18.7 Å². The molecule has 3 fully saturated rings. The maximum Gasteiger partial charge on any atom is 0.236 e. The lowest BCUT2D eigenvalue weighted by molar-refractivity contribution is -0.141. The fraction of sp³-hybridized carbons (Fsp3) is 0.857. The number of likely N-dealkylation sites (tertiary alicyclic amines) is 1. The van der Waals surface area contributed by atoms with Gasteiger partial charge in [0.05, 0.1) is 5.41 Å². The molecular weight excluding hydrogens is 246 g/mol. The quantitative estimate of drug-likeness (QED) is 0.721. The first-order chi connectivity index (χ1) is 8.71. The van der Waals surface area contributed by atoms with E-state index in [1.807, 2.05) is 11.8 Å². The first-order valence-corrected chi connectivity index (χ1v) is 8.29. The number of nitrogens with zero attached hydrogens (tertiary/aromatic N) is 1. The summed E-state index contributed by atoms with van der Waals surface area (Å²) in [4.78, 5) is 26.2. The van der Waals surface area contributed by atoms with Crippen LogP contribution in [-0.2, 0) is 9.59 Å². The van der Waals surface area contributed by atoms with Crippen molar-refractivity contribution in [3.8, 4) is 0 Å². The molecule has 4 heteroatoms. The van der Waals surface area contributed by atoms with E-state index in [2.05, 4.69) is 0 Å². The number of hydrogen-bond donors (Lipinski definition) is 0. The van der Waals surface area contributed by atoms with Gasteiger partial charge in [-0.2, -0.15) is 11.8 Å². The Morgan fingerprint density at radius 1 is 1.22 bits per heavy atom. The third kappa shape index (κ3) is 2.09. The van der Waals surface area contributed by atoms with Crippen LogP contribution in [0.2, 0.25) is 0 Å². The molecule has 0 bridgehead atoms. The van der Waals surface area contributed by atoms with E-state index in [-0.39, 0.29) is 17.2 Å². The normalized spacial score (nSPS) is 33.9. The molecule has 3 nitrogen and oxygen atoms in total. The van der Waals surface area contributed by atoms with Crippen molar-refractivity contribution in [3.63, 3.8) is 0 Å². The van der Waals surface area contributed by atoms with Gasteiger partial charge in [0.15, 0.2) is 0 Å². The van der Waals surface area contributed by atoms with Crippen LogP contribution in [0.15, 0.2) is 0 Å². The van der Waals surface area contributed by atoms with E-state index in [1.54, 1.807) is 4.90 Å². The van der Waals surface area contributed by atoms with Crippen LogP contribution in [0.3, 0.4) is 0 Å². The van der Waals surface area contributed by atoms with Crippen LogP contribution < -0.4 is 0 Å². The van der Waals surface area contributed by atoms with E-state index in [9.17, 15) is 9.59 Å². The SMILES string of the molecule is O=C1CC2(CCSC2)C(=O)N1CC1CCCCC1. The fourth-order valence-corrected chi connectivity index (χ4v) is 5.03. The maximum absolute atomic E-state index is 12.5. The summed E-state index contributed by atoms with van der Waals surface area (Å²) in [5.74, 6) is 2.70. The smallest absolute Gasteiger partial charge is 0.236 e. The molecule has 1 atom stereocenters. The Morgan fingerprint density at radius 3 is 2.67 bits per heavy atom. The monoisotopic (exact) mass is 267 g/mol. The minimum Gasteiger partial charge on any atom is -0.282 e. The molecule has 0 aromatic rings. The van der Waals surface area contributed by atoms with Crippen molar-refractivity contribution in [1.29, 1.82) is 0 Å². The Labute approximate surface area is 113 Å². The molecule has 3 aliphatic rings. The van der Waals surface area contributed by atoms with Crippen molar-refractivity contribution in [3.05, 3.63) is 0 Å². The molecule has 2 amide bonds. The molecular formula is C14H21NO2S. The van der Waals surface area contributed by atoms with Gasteiger partial charge < -0.3 is 0 Å². The first-order valence-electron chi connectivity index (χ1n) is 7.14. The summed E-state index contributed by atoms with van der Waals surface area (Å²) in [6.07, 6.45) is 7.62. The van der Waals surface area contributed by atoms with Crippen molar-refractivity contribution >= 4 is 23.6 Å². The molecule has 1 saturated carbocycles. The number of amides is 2. The predicted octanol–water partition coefficient (Wildman–Crippen LogP) is 2.45. The highest BCUT2D eigenvalue weighted by molar-refractivity contribution is 7.99. The van der Waals surface area contributed by atoms with Crippen molar-refractivity contribution in [1.82, 2.24) is 4.90 Å². The zero-order valence-electron chi connectivity index (χ0n) is 10.8. The Balaban J connectivity index is 1.68. The van der Waals surface area contributed by atoms with E-state index in [0.717, 1.165) is 17.9 Å². The standard InChI is InChI=1S/C14H21NO2S/c16-12-8-14(6-7-18-10-14)13(17)15(12)9-11-4-2-1-3-5-11/h11H,1-10H2. The number of carbonyl (C=O) groups excluding carboxylic acids is 2. The number of thioether (sulfide) groups is 1. The van der Waals surface area contributed by atoms with Crippen molar-refractivity contribution < 1.29 is 9.59 Å². The molecule has 2 saturated heterocycles. The lowest BCUT2D eigenvalue weighted by atomic mass is 9.85. The molecule has 100 valence electrons. The molecule has 1 aliphatic carbocycles. The topological polar surface area (TPSA) is 37.4 Å². The molecule has 0 N–H and O–H groups in total. The molecule has 2 aliphatic heterocycles. The average Bonchev–Trinajstić information content (AvgIpc) is 2.93. The summed E-state index contributed by atoms with van der Waals surface area (Å²) >= 11 is 1.82. The van der Waals surface area contributed by atoms with Gasteiger partial charge >= 0.3 is 0 Å². The second kappa shape index (κ2) is 4.87. The van der Waals surface area contributed by atoms with Gasteiger partial charge in [0.25, 0.3) is 0 Å². The zero-order valence-corrected chi connectivity index (χ0v) is 11.6. The molecule has 0 radical (unpaired) electrons. The lowest BCUT2D eigenvalue weighted by Crippen LogP contribution is -2.39. The van der Waals surface area contributed by atoms with Gasteiger partial charge in [-0.25, -0.2) is 0 Å². The van der Waals surface area contributed by atoms with Gasteiger partial charge in [0.1, 0.15) is 0 Å². The lowest BCUT2D eigenvalue weighted by Gasteiger charge is -2.27. The van der Waals surface area contributed by atoms with Crippen LogP contribution in [0, 0.1) is 11.3 Å². The summed E-state index contributed by atoms with van der Waals surface area (Å²) in [7, 11) is 0. The van der Waals surface area contributed by atoms with E-state index in [4.69, 9.17) is 0 Å². The second-order valence-corrected chi connectivity index (χ2v) is 7.18. The van der Waals surface area contributed by atoms with Gasteiger partial charge in [-0.3, -0.25) is 14.5 Å². The van der Waals surface area contributed by atoms with Crippen LogP contribution in [0.5, 0.6) is 0 Å². The van der Waals surface area contributed by atoms with Crippen LogP contribution >= 0.6 is 11.8 Å². The molecule has 3 rings (SSSR count). The molecule has 1 unspecified atom stereocenters. The summed E-state index contributed by atoms with van der Waals surface area (Å²) < 4.78 is 0. The maximum atomic E-state index is 12.5. The first kappa shape index (κ1) is 12.5. The Kier molecular flexibility index (Phi) is 3.39. The minimum atomic E-state index is -0.309. The van der Waals surface area contributed by atoms with Crippen molar-refractivity contribution in [2.75, 3.05) is 18.1 Å². The average molecular weight is 267 g/mol.